The first kappa shape index (κ1) is 18.9. The largest absolute Gasteiger partial charge is 0.439 e. The van der Waals surface area contributed by atoms with Crippen molar-refractivity contribution in [2.24, 2.45) is 0 Å². The minimum atomic E-state index is 0.694. The SMILES string of the molecule is CCN1/C(=C/C(C)=C/c2oc3ccc(Cl)cc3[n+]2CC)Oc2ccc(Cl)cc21. The summed E-state index contributed by atoms with van der Waals surface area (Å²) < 4.78 is 14.2. The molecule has 0 atom stereocenters. The Morgan fingerprint density at radius 3 is 2.61 bits per heavy atom. The molecule has 28 heavy (non-hydrogen) atoms. The van der Waals surface area contributed by atoms with Gasteiger partial charge in [0.25, 0.3) is 5.52 Å². The van der Waals surface area contributed by atoms with Crippen molar-refractivity contribution in [1.82, 2.24) is 0 Å². The Morgan fingerprint density at radius 2 is 1.86 bits per heavy atom. The Labute approximate surface area is 174 Å². The van der Waals surface area contributed by atoms with Gasteiger partial charge in [-0.25, -0.2) is 0 Å². The lowest BCUT2D eigenvalue weighted by molar-refractivity contribution is -0.674. The first-order chi connectivity index (χ1) is 13.5. The third kappa shape index (κ3) is 3.38. The molecule has 0 N–H and O–H groups in total. The Kier molecular flexibility index (Phi) is 5.09. The van der Waals surface area contributed by atoms with Crippen LogP contribution in [0.15, 0.2) is 58.3 Å². The molecule has 0 aliphatic carbocycles. The van der Waals surface area contributed by atoms with E-state index in [1.165, 1.54) is 0 Å². The molecule has 4 nitrogen and oxygen atoms in total. The van der Waals surface area contributed by atoms with Gasteiger partial charge in [0.2, 0.25) is 11.5 Å². The number of aromatic nitrogens is 1. The number of ether oxygens (including phenoxy) is 1. The van der Waals surface area contributed by atoms with Crippen molar-refractivity contribution in [2.75, 3.05) is 11.4 Å². The number of allylic oxidation sites excluding steroid dienone is 2. The quantitative estimate of drug-likeness (QED) is 0.474. The molecular formula is C22H21Cl2N2O2+. The number of anilines is 1. The van der Waals surface area contributed by atoms with Crippen LogP contribution in [0.2, 0.25) is 10.0 Å². The average molecular weight is 416 g/mol. The van der Waals surface area contributed by atoms with Crippen LogP contribution < -0.4 is 14.2 Å². The molecule has 0 spiro atoms. The Morgan fingerprint density at radius 1 is 1.11 bits per heavy atom. The van der Waals surface area contributed by atoms with Crippen LogP contribution in [0, 0.1) is 0 Å². The van der Waals surface area contributed by atoms with E-state index in [9.17, 15) is 0 Å². The molecule has 1 aromatic heterocycles. The highest BCUT2D eigenvalue weighted by Crippen LogP contribution is 2.40. The Hall–Kier alpha value is -2.43. The predicted octanol–water partition coefficient (Wildman–Crippen LogP) is 6.21. The van der Waals surface area contributed by atoms with E-state index in [1.807, 2.05) is 55.5 Å². The minimum Gasteiger partial charge on any atom is -0.439 e. The van der Waals surface area contributed by atoms with Crippen LogP contribution in [0.4, 0.5) is 5.69 Å². The minimum absolute atomic E-state index is 0.694. The van der Waals surface area contributed by atoms with E-state index in [0.717, 1.165) is 53.0 Å². The fourth-order valence-electron chi connectivity index (χ4n) is 3.45. The van der Waals surface area contributed by atoms with E-state index < -0.39 is 0 Å². The summed E-state index contributed by atoms with van der Waals surface area (Å²) >= 11 is 12.3. The summed E-state index contributed by atoms with van der Waals surface area (Å²) in [6, 6.07) is 11.3. The normalized spacial score (nSPS) is 15.4. The molecule has 2 aromatic carbocycles. The van der Waals surface area contributed by atoms with Crippen LogP contribution in [-0.2, 0) is 6.54 Å². The third-order valence-corrected chi connectivity index (χ3v) is 5.19. The molecule has 1 aliphatic rings. The lowest BCUT2D eigenvalue weighted by Crippen LogP contribution is -2.33. The molecule has 144 valence electrons. The van der Waals surface area contributed by atoms with E-state index in [-0.39, 0.29) is 0 Å². The predicted molar refractivity (Wildman–Crippen MR) is 114 cm³/mol. The maximum Gasteiger partial charge on any atom is 0.374 e. The monoisotopic (exact) mass is 415 g/mol. The van der Waals surface area contributed by atoms with Crippen molar-refractivity contribution in [1.29, 1.82) is 0 Å². The smallest absolute Gasteiger partial charge is 0.374 e. The topological polar surface area (TPSA) is 29.5 Å². The zero-order valence-electron chi connectivity index (χ0n) is 16.0. The van der Waals surface area contributed by atoms with Gasteiger partial charge in [-0.3, -0.25) is 0 Å². The van der Waals surface area contributed by atoms with Gasteiger partial charge in [0, 0.05) is 28.7 Å². The lowest BCUT2D eigenvalue weighted by Gasteiger charge is -2.15. The summed E-state index contributed by atoms with van der Waals surface area (Å²) in [5.74, 6) is 2.36. The second-order valence-electron chi connectivity index (χ2n) is 6.63. The summed E-state index contributed by atoms with van der Waals surface area (Å²) in [7, 11) is 0. The van der Waals surface area contributed by atoms with E-state index in [2.05, 4.69) is 23.3 Å². The van der Waals surface area contributed by atoms with Crippen LogP contribution in [-0.4, -0.2) is 6.54 Å². The van der Waals surface area contributed by atoms with E-state index in [1.54, 1.807) is 0 Å². The van der Waals surface area contributed by atoms with Gasteiger partial charge in [-0.05, 0) is 56.7 Å². The second-order valence-corrected chi connectivity index (χ2v) is 7.50. The summed E-state index contributed by atoms with van der Waals surface area (Å²) in [5.41, 5.74) is 3.79. The van der Waals surface area contributed by atoms with Crippen molar-refractivity contribution in [3.05, 3.63) is 69.9 Å². The fraction of sp³-hybridized carbons (Fsp3) is 0.227. The molecule has 1 aliphatic heterocycles. The molecule has 0 bridgehead atoms. The summed E-state index contributed by atoms with van der Waals surface area (Å²) in [6.07, 6.45) is 4.02. The number of hydrogen-bond acceptors (Lipinski definition) is 3. The van der Waals surface area contributed by atoms with E-state index in [0.29, 0.717) is 10.0 Å². The molecule has 0 amide bonds. The summed E-state index contributed by atoms with van der Waals surface area (Å²) in [4.78, 5) is 2.10. The number of halogens is 2. The molecule has 0 saturated carbocycles. The van der Waals surface area contributed by atoms with Crippen molar-refractivity contribution in [3.63, 3.8) is 0 Å². The van der Waals surface area contributed by atoms with Gasteiger partial charge < -0.3 is 14.1 Å². The molecular weight excluding hydrogens is 395 g/mol. The highest BCUT2D eigenvalue weighted by atomic mass is 35.5. The van der Waals surface area contributed by atoms with Gasteiger partial charge >= 0.3 is 5.89 Å². The van der Waals surface area contributed by atoms with Crippen molar-refractivity contribution in [2.45, 2.75) is 27.3 Å². The van der Waals surface area contributed by atoms with Gasteiger partial charge in [0.15, 0.2) is 5.75 Å². The van der Waals surface area contributed by atoms with Crippen molar-refractivity contribution >= 4 is 46.1 Å². The molecule has 3 aromatic rings. The number of benzene rings is 2. The zero-order valence-corrected chi connectivity index (χ0v) is 17.5. The van der Waals surface area contributed by atoms with Crippen LogP contribution >= 0.6 is 23.2 Å². The fourth-order valence-corrected chi connectivity index (χ4v) is 3.78. The summed E-state index contributed by atoms with van der Waals surface area (Å²) in [5, 5.41) is 1.39. The number of hydrogen-bond donors (Lipinski definition) is 0. The maximum atomic E-state index is 6.15. The van der Waals surface area contributed by atoms with Crippen LogP contribution in [0.25, 0.3) is 17.2 Å². The highest BCUT2D eigenvalue weighted by Gasteiger charge is 2.25. The molecule has 0 radical (unpaired) electrons. The number of nitrogens with zero attached hydrogens (tertiary/aromatic N) is 2. The second kappa shape index (κ2) is 7.53. The van der Waals surface area contributed by atoms with E-state index >= 15 is 0 Å². The van der Waals surface area contributed by atoms with Gasteiger partial charge in [0.1, 0.15) is 6.54 Å². The first-order valence-corrected chi connectivity index (χ1v) is 10.0. The molecule has 2 heterocycles. The maximum absolute atomic E-state index is 6.15. The zero-order chi connectivity index (χ0) is 19.8. The van der Waals surface area contributed by atoms with Crippen LogP contribution in [0.3, 0.4) is 0 Å². The molecule has 0 fully saturated rings. The average Bonchev–Trinajstić information content (AvgIpc) is 3.17. The lowest BCUT2D eigenvalue weighted by atomic mass is 10.2. The molecule has 4 rings (SSSR count). The molecule has 0 saturated heterocycles. The van der Waals surface area contributed by atoms with Crippen molar-refractivity contribution in [3.8, 4) is 5.75 Å². The number of rotatable bonds is 4. The number of aryl methyl sites for hydroxylation is 1. The van der Waals surface area contributed by atoms with E-state index in [4.69, 9.17) is 32.4 Å². The first-order valence-electron chi connectivity index (χ1n) is 9.27. The number of fused-ring (bicyclic) bond motifs is 2. The van der Waals surface area contributed by atoms with Crippen LogP contribution in [0.1, 0.15) is 26.7 Å². The molecule has 6 heteroatoms. The molecule has 0 unspecified atom stereocenters. The van der Waals surface area contributed by atoms with Crippen LogP contribution in [0.5, 0.6) is 5.75 Å². The van der Waals surface area contributed by atoms with Crippen molar-refractivity contribution < 1.29 is 13.7 Å². The van der Waals surface area contributed by atoms with Gasteiger partial charge in [-0.2, -0.15) is 4.57 Å². The Bertz CT molecular complexity index is 1120. The Balaban J connectivity index is 1.71. The number of oxazole rings is 1. The van der Waals surface area contributed by atoms with Gasteiger partial charge in [0.05, 0.1) is 11.8 Å². The highest BCUT2D eigenvalue weighted by molar-refractivity contribution is 6.31. The standard InChI is InChI=1S/C22H21Cl2N2O2/c1-4-25-17-12-15(23)6-8-19(17)27-21(25)10-14(3)11-22-26(5-2)18-13-16(24)7-9-20(18)28-22/h6-13H,4-5H2,1-3H3/q+1. The third-order valence-electron chi connectivity index (χ3n) is 4.72. The van der Waals surface area contributed by atoms with Gasteiger partial charge in [-0.1, -0.05) is 23.2 Å². The summed E-state index contributed by atoms with van der Waals surface area (Å²) in [6.45, 7) is 7.76. The van der Waals surface area contributed by atoms with Gasteiger partial charge in [-0.15, -0.1) is 0 Å².